The fourth-order valence-corrected chi connectivity index (χ4v) is 2.54. The van der Waals surface area contributed by atoms with Crippen LogP contribution in [0, 0.1) is 6.92 Å². The van der Waals surface area contributed by atoms with E-state index in [0.717, 1.165) is 11.3 Å². The number of nitrogens with zero attached hydrogens (tertiary/aromatic N) is 1. The quantitative estimate of drug-likeness (QED) is 0.865. The molecule has 0 radical (unpaired) electrons. The highest BCUT2D eigenvalue weighted by molar-refractivity contribution is 7.09. The monoisotopic (exact) mass is 344 g/mol. The molecule has 1 aromatic carbocycles. The molecule has 23 heavy (non-hydrogen) atoms. The Labute approximate surface area is 132 Å². The fourth-order valence-electron chi connectivity index (χ4n) is 1.70. The summed E-state index contributed by atoms with van der Waals surface area (Å²) in [6.07, 6.45) is -7.22. The molecule has 0 saturated heterocycles. The maximum atomic E-state index is 13.1. The smallest absolute Gasteiger partial charge is 0.432 e. The number of carbonyl (C=O) groups is 2. The number of hydrogen-bond donors (Lipinski definition) is 1. The van der Waals surface area contributed by atoms with E-state index in [2.05, 4.69) is 9.72 Å². The van der Waals surface area contributed by atoms with E-state index in [0.29, 0.717) is 5.69 Å². The summed E-state index contributed by atoms with van der Waals surface area (Å²) in [5.74, 6) is -1.88. The predicted octanol–water partition coefficient (Wildman–Crippen LogP) is 3.01. The average molecular weight is 344 g/mol. The molecule has 2 N–H and O–H groups in total. The van der Waals surface area contributed by atoms with Gasteiger partial charge in [-0.05, 0) is 31.2 Å². The van der Waals surface area contributed by atoms with Gasteiger partial charge in [-0.15, -0.1) is 11.3 Å². The lowest BCUT2D eigenvalue weighted by molar-refractivity contribution is -0.207. The molecular weight excluding hydrogens is 333 g/mol. The minimum atomic E-state index is -4.78. The number of alkyl halides is 3. The molecule has 0 fully saturated rings. The SMILES string of the molecule is Cc1csc(C(OC(=O)c2ccc(C(N)=O)cc2)C(F)(F)F)n1. The summed E-state index contributed by atoms with van der Waals surface area (Å²) in [6, 6.07) is 4.80. The van der Waals surface area contributed by atoms with Crippen LogP contribution in [-0.4, -0.2) is 23.0 Å². The summed E-state index contributed by atoms with van der Waals surface area (Å²) in [5.41, 5.74) is 5.45. The van der Waals surface area contributed by atoms with Crippen molar-refractivity contribution in [1.82, 2.24) is 4.98 Å². The number of primary amides is 1. The van der Waals surface area contributed by atoms with Crippen LogP contribution in [0.4, 0.5) is 13.2 Å². The Morgan fingerprint density at radius 3 is 2.22 bits per heavy atom. The van der Waals surface area contributed by atoms with Gasteiger partial charge in [-0.3, -0.25) is 4.79 Å². The van der Waals surface area contributed by atoms with E-state index >= 15 is 0 Å². The second kappa shape index (κ2) is 6.37. The number of thiazole rings is 1. The largest absolute Gasteiger partial charge is 0.442 e. The number of amides is 1. The molecular formula is C14H11F3N2O3S. The highest BCUT2D eigenvalue weighted by atomic mass is 32.1. The number of nitrogens with two attached hydrogens (primary N) is 1. The Bertz CT molecular complexity index is 726. The maximum Gasteiger partial charge on any atom is 0.432 e. The molecule has 1 amide bonds. The lowest BCUT2D eigenvalue weighted by atomic mass is 10.1. The van der Waals surface area contributed by atoms with Crippen LogP contribution in [0.25, 0.3) is 0 Å². The van der Waals surface area contributed by atoms with Crippen LogP contribution in [0.1, 0.15) is 37.5 Å². The third kappa shape index (κ3) is 4.07. The molecule has 2 rings (SSSR count). The number of aromatic nitrogens is 1. The average Bonchev–Trinajstić information content (AvgIpc) is 2.89. The van der Waals surface area contributed by atoms with E-state index in [1.54, 1.807) is 0 Å². The lowest BCUT2D eigenvalue weighted by Crippen LogP contribution is -2.26. The molecule has 0 saturated carbocycles. The Hall–Kier alpha value is -2.42. The second-order valence-electron chi connectivity index (χ2n) is 4.60. The van der Waals surface area contributed by atoms with Crippen molar-refractivity contribution in [2.24, 2.45) is 5.73 Å². The molecule has 5 nitrogen and oxygen atoms in total. The number of rotatable bonds is 4. The lowest BCUT2D eigenvalue weighted by Gasteiger charge is -2.18. The normalized spacial score (nSPS) is 12.7. The van der Waals surface area contributed by atoms with Crippen molar-refractivity contribution >= 4 is 23.2 Å². The van der Waals surface area contributed by atoms with Crippen molar-refractivity contribution in [2.45, 2.75) is 19.2 Å². The first-order chi connectivity index (χ1) is 10.7. The zero-order valence-electron chi connectivity index (χ0n) is 11.8. The van der Waals surface area contributed by atoms with Crippen LogP contribution in [-0.2, 0) is 4.74 Å². The molecule has 0 aliphatic rings. The molecule has 122 valence electrons. The van der Waals surface area contributed by atoms with Gasteiger partial charge in [-0.25, -0.2) is 9.78 Å². The first kappa shape index (κ1) is 16.9. The molecule has 1 aromatic heterocycles. The summed E-state index contributed by atoms with van der Waals surface area (Å²) >= 11 is 0.759. The molecule has 0 aliphatic heterocycles. The Morgan fingerprint density at radius 1 is 1.22 bits per heavy atom. The standard InChI is InChI=1S/C14H11F3N2O3S/c1-7-6-23-12(19-7)10(14(15,16)17)22-13(21)9-4-2-8(3-5-9)11(18)20/h2-6,10H,1H3,(H2,18,20). The van der Waals surface area contributed by atoms with Crippen molar-refractivity contribution < 1.29 is 27.5 Å². The molecule has 9 heteroatoms. The molecule has 1 atom stereocenters. The zero-order chi connectivity index (χ0) is 17.2. The third-order valence-electron chi connectivity index (χ3n) is 2.79. The fraction of sp³-hybridized carbons (Fsp3) is 0.214. The summed E-state index contributed by atoms with van der Waals surface area (Å²) < 4.78 is 43.8. The van der Waals surface area contributed by atoms with Crippen LogP contribution < -0.4 is 5.73 Å². The van der Waals surface area contributed by atoms with Crippen LogP contribution >= 0.6 is 11.3 Å². The van der Waals surface area contributed by atoms with Crippen LogP contribution in [0.5, 0.6) is 0 Å². The van der Waals surface area contributed by atoms with E-state index in [1.165, 1.54) is 36.6 Å². The second-order valence-corrected chi connectivity index (χ2v) is 5.49. The van der Waals surface area contributed by atoms with Gasteiger partial charge >= 0.3 is 12.1 Å². The van der Waals surface area contributed by atoms with Crippen LogP contribution in [0.2, 0.25) is 0 Å². The van der Waals surface area contributed by atoms with Gasteiger partial charge in [0.25, 0.3) is 0 Å². The topological polar surface area (TPSA) is 82.3 Å². The Kier molecular flexibility index (Phi) is 4.69. The Morgan fingerprint density at radius 2 is 1.78 bits per heavy atom. The summed E-state index contributed by atoms with van der Waals surface area (Å²) in [6.45, 7) is 1.54. The Balaban J connectivity index is 2.22. The molecule has 1 unspecified atom stereocenters. The van der Waals surface area contributed by atoms with Crippen molar-refractivity contribution in [3.63, 3.8) is 0 Å². The van der Waals surface area contributed by atoms with Gasteiger partial charge in [0.1, 0.15) is 5.01 Å². The number of halogens is 3. The minimum Gasteiger partial charge on any atom is -0.442 e. The number of benzene rings is 1. The van der Waals surface area contributed by atoms with Gasteiger partial charge in [0.2, 0.25) is 12.0 Å². The first-order valence-corrected chi connectivity index (χ1v) is 7.16. The van der Waals surface area contributed by atoms with Crippen molar-refractivity contribution in [3.05, 3.63) is 51.5 Å². The van der Waals surface area contributed by atoms with Crippen LogP contribution in [0.3, 0.4) is 0 Å². The van der Waals surface area contributed by atoms with Gasteiger partial charge in [0, 0.05) is 16.6 Å². The van der Waals surface area contributed by atoms with Crippen LogP contribution in [0.15, 0.2) is 29.6 Å². The maximum absolute atomic E-state index is 13.1. The molecule has 0 bridgehead atoms. The summed E-state index contributed by atoms with van der Waals surface area (Å²) in [5, 5.41) is 1.08. The van der Waals surface area contributed by atoms with Gasteiger partial charge in [-0.2, -0.15) is 13.2 Å². The summed E-state index contributed by atoms with van der Waals surface area (Å²) in [4.78, 5) is 26.6. The third-order valence-corrected chi connectivity index (χ3v) is 3.79. The molecule has 0 aliphatic carbocycles. The molecule has 0 spiro atoms. The van der Waals surface area contributed by atoms with Crippen molar-refractivity contribution in [3.8, 4) is 0 Å². The number of ether oxygens (including phenoxy) is 1. The number of carbonyl (C=O) groups excluding carboxylic acids is 2. The first-order valence-electron chi connectivity index (χ1n) is 6.28. The number of aryl methyl sites for hydroxylation is 1. The van der Waals surface area contributed by atoms with Gasteiger partial charge in [0.05, 0.1) is 5.56 Å². The van der Waals surface area contributed by atoms with Gasteiger partial charge < -0.3 is 10.5 Å². The van der Waals surface area contributed by atoms with Gasteiger partial charge in [-0.1, -0.05) is 0 Å². The zero-order valence-corrected chi connectivity index (χ0v) is 12.6. The van der Waals surface area contributed by atoms with E-state index < -0.39 is 24.2 Å². The van der Waals surface area contributed by atoms with E-state index in [9.17, 15) is 22.8 Å². The van der Waals surface area contributed by atoms with Crippen molar-refractivity contribution in [2.75, 3.05) is 0 Å². The van der Waals surface area contributed by atoms with E-state index in [-0.39, 0.29) is 16.1 Å². The minimum absolute atomic E-state index is 0.127. The highest BCUT2D eigenvalue weighted by Gasteiger charge is 2.46. The number of esters is 1. The molecule has 2 aromatic rings. The number of hydrogen-bond acceptors (Lipinski definition) is 5. The van der Waals surface area contributed by atoms with E-state index in [4.69, 9.17) is 5.73 Å². The molecule has 1 heterocycles. The summed E-state index contributed by atoms with van der Waals surface area (Å²) in [7, 11) is 0. The predicted molar refractivity (Wildman–Crippen MR) is 76.0 cm³/mol. The van der Waals surface area contributed by atoms with Gasteiger partial charge in [0.15, 0.2) is 0 Å². The highest BCUT2D eigenvalue weighted by Crippen LogP contribution is 2.37. The van der Waals surface area contributed by atoms with Crippen molar-refractivity contribution in [1.29, 1.82) is 0 Å². The van der Waals surface area contributed by atoms with E-state index in [1.807, 2.05) is 0 Å².